The molecule has 0 aromatic rings. The monoisotopic (exact) mass is 194 g/mol. The zero-order valence-electron chi connectivity index (χ0n) is 8.93. The molecule has 0 radical (unpaired) electrons. The minimum Gasteiger partial charge on any atom is -0.102 e. The molecule has 0 aromatic carbocycles. The van der Waals surface area contributed by atoms with Crippen molar-refractivity contribution in [3.8, 4) is 0 Å². The predicted molar refractivity (Wildman–Crippen MR) is 59.6 cm³/mol. The fraction of sp³-hybridized carbons (Fsp3) is 0.833. The zero-order valence-corrected chi connectivity index (χ0v) is 9.82. The minimum atomic E-state index is 0.369. The van der Waals surface area contributed by atoms with E-state index in [0.29, 0.717) is 13.3 Å². The Balaban J connectivity index is 1.96. The van der Waals surface area contributed by atoms with E-state index in [0.717, 1.165) is 11.8 Å². The summed E-state index contributed by atoms with van der Waals surface area (Å²) in [5, 5.41) is 0. The van der Waals surface area contributed by atoms with Gasteiger partial charge in [0.1, 0.15) is 0 Å². The third kappa shape index (κ3) is 0.962. The van der Waals surface area contributed by atoms with Gasteiger partial charge in [0, 0.05) is 0 Å². The lowest BCUT2D eigenvalue weighted by molar-refractivity contribution is -0.00861. The van der Waals surface area contributed by atoms with E-state index in [9.17, 15) is 0 Å². The second kappa shape index (κ2) is 2.40. The van der Waals surface area contributed by atoms with Gasteiger partial charge in [-0.3, -0.25) is 0 Å². The van der Waals surface area contributed by atoms with Crippen LogP contribution in [0.3, 0.4) is 0 Å². The van der Waals surface area contributed by atoms with Gasteiger partial charge in [-0.05, 0) is 49.1 Å². The van der Waals surface area contributed by atoms with Crippen LogP contribution in [0.5, 0.6) is 0 Å². The number of hydrogen-bond donors (Lipinski definition) is 0. The highest BCUT2D eigenvalue weighted by Crippen LogP contribution is 2.65. The first kappa shape index (κ1) is 8.48. The van der Waals surface area contributed by atoms with Gasteiger partial charge < -0.3 is 0 Å². The van der Waals surface area contributed by atoms with Crippen molar-refractivity contribution < 1.29 is 0 Å². The van der Waals surface area contributed by atoms with Crippen LogP contribution in [0.2, 0.25) is 0 Å². The van der Waals surface area contributed by atoms with Gasteiger partial charge in [-0.15, -0.1) is 7.92 Å². The van der Waals surface area contributed by atoms with Gasteiger partial charge >= 0.3 is 0 Å². The molecule has 3 unspecified atom stereocenters. The van der Waals surface area contributed by atoms with Crippen LogP contribution in [-0.2, 0) is 0 Å². The molecule has 13 heavy (non-hydrogen) atoms. The normalized spacial score (nSPS) is 45.9. The highest BCUT2D eigenvalue weighted by molar-refractivity contribution is 7.57. The molecule has 1 aliphatic heterocycles. The van der Waals surface area contributed by atoms with E-state index >= 15 is 0 Å². The van der Waals surface area contributed by atoms with Crippen molar-refractivity contribution in [1.82, 2.24) is 0 Å². The van der Waals surface area contributed by atoms with Crippen LogP contribution in [0.1, 0.15) is 26.7 Å². The number of allylic oxidation sites excluding steroid dienone is 2. The van der Waals surface area contributed by atoms with Crippen LogP contribution >= 0.6 is 7.92 Å². The van der Waals surface area contributed by atoms with E-state index in [4.69, 9.17) is 0 Å². The molecule has 1 saturated carbocycles. The summed E-state index contributed by atoms with van der Waals surface area (Å²) in [5.41, 5.74) is 4.48. The zero-order chi connectivity index (χ0) is 9.22. The quantitative estimate of drug-likeness (QED) is 0.409. The molecule has 72 valence electrons. The molecule has 0 nitrogen and oxygen atoms in total. The molecular weight excluding hydrogens is 175 g/mol. The maximum Gasteiger partial charge on any atom is -0.0108 e. The largest absolute Gasteiger partial charge is 0.102 e. The van der Waals surface area contributed by atoms with Gasteiger partial charge in [0.25, 0.3) is 0 Å². The molecular formula is C12H19P. The van der Waals surface area contributed by atoms with Gasteiger partial charge in [-0.25, -0.2) is 0 Å². The molecule has 4 rings (SSSR count). The van der Waals surface area contributed by atoms with Crippen LogP contribution < -0.4 is 0 Å². The summed E-state index contributed by atoms with van der Waals surface area (Å²) in [4.78, 5) is 0. The summed E-state index contributed by atoms with van der Waals surface area (Å²) in [7, 11) is 0.369. The molecule has 0 saturated heterocycles. The molecule has 1 fully saturated rings. The molecule has 1 heteroatoms. The Bertz CT molecular complexity index is 287. The average molecular weight is 194 g/mol. The first-order chi connectivity index (χ1) is 6.09. The third-order valence-electron chi connectivity index (χ3n) is 4.74. The van der Waals surface area contributed by atoms with Gasteiger partial charge in [0.2, 0.25) is 0 Å². The third-order valence-corrected chi connectivity index (χ3v) is 6.54. The maximum absolute atomic E-state index is 2.49. The number of hydrogen-bond acceptors (Lipinski definition) is 0. The van der Waals surface area contributed by atoms with Crippen LogP contribution in [0.15, 0.2) is 11.1 Å². The molecule has 2 bridgehead atoms. The highest BCUT2D eigenvalue weighted by atomic mass is 31.1. The predicted octanol–water partition coefficient (Wildman–Crippen LogP) is 3.47. The van der Waals surface area contributed by atoms with Gasteiger partial charge in [-0.2, -0.15) is 0 Å². The summed E-state index contributed by atoms with van der Waals surface area (Å²) < 4.78 is 0. The van der Waals surface area contributed by atoms with Crippen molar-refractivity contribution in [2.75, 3.05) is 19.0 Å². The van der Waals surface area contributed by atoms with Crippen molar-refractivity contribution in [2.45, 2.75) is 26.7 Å². The van der Waals surface area contributed by atoms with Crippen LogP contribution in [0.4, 0.5) is 0 Å². The lowest BCUT2D eigenvalue weighted by Gasteiger charge is -2.57. The van der Waals surface area contributed by atoms with Gasteiger partial charge in [0.05, 0.1) is 0 Å². The SMILES string of the molecule is CP1CC2=C(C1)C1CC(C2)C1(C)C. The van der Waals surface area contributed by atoms with Gasteiger partial charge in [-0.1, -0.05) is 25.0 Å². The average Bonchev–Trinajstić information content (AvgIpc) is 2.42. The Hall–Kier alpha value is 0.170. The Morgan fingerprint density at radius 2 is 2.08 bits per heavy atom. The first-order valence-electron chi connectivity index (χ1n) is 5.48. The van der Waals surface area contributed by atoms with E-state index in [1.807, 2.05) is 11.1 Å². The lowest BCUT2D eigenvalue weighted by atomic mass is 9.48. The topological polar surface area (TPSA) is 0 Å². The van der Waals surface area contributed by atoms with E-state index in [1.165, 1.54) is 25.2 Å². The summed E-state index contributed by atoms with van der Waals surface area (Å²) in [5.74, 6) is 2.03. The number of rotatable bonds is 0. The fourth-order valence-electron chi connectivity index (χ4n) is 3.69. The first-order valence-corrected chi connectivity index (χ1v) is 7.64. The summed E-state index contributed by atoms with van der Waals surface area (Å²) in [6.07, 6.45) is 5.97. The maximum atomic E-state index is 2.49. The molecule has 0 amide bonds. The van der Waals surface area contributed by atoms with Crippen molar-refractivity contribution in [3.05, 3.63) is 11.1 Å². The van der Waals surface area contributed by atoms with Crippen molar-refractivity contribution in [1.29, 1.82) is 0 Å². The molecule has 1 heterocycles. The smallest absolute Gasteiger partial charge is 0.0108 e. The summed E-state index contributed by atoms with van der Waals surface area (Å²) >= 11 is 0. The summed E-state index contributed by atoms with van der Waals surface area (Å²) in [6.45, 7) is 7.47. The molecule has 0 spiro atoms. The van der Waals surface area contributed by atoms with E-state index in [1.54, 1.807) is 0 Å². The Morgan fingerprint density at radius 3 is 2.77 bits per heavy atom. The van der Waals surface area contributed by atoms with Crippen molar-refractivity contribution >= 4 is 7.92 Å². The van der Waals surface area contributed by atoms with Crippen molar-refractivity contribution in [3.63, 3.8) is 0 Å². The second-order valence-corrected chi connectivity index (χ2v) is 8.16. The highest BCUT2D eigenvalue weighted by Gasteiger charge is 2.54. The fourth-order valence-corrected chi connectivity index (χ4v) is 5.81. The Morgan fingerprint density at radius 1 is 1.31 bits per heavy atom. The lowest BCUT2D eigenvalue weighted by Crippen LogP contribution is -2.49. The van der Waals surface area contributed by atoms with E-state index in [-0.39, 0.29) is 0 Å². The molecule has 0 N–H and O–H groups in total. The minimum absolute atomic E-state index is 0.369. The molecule has 3 aliphatic carbocycles. The Labute approximate surface area is 82.5 Å². The molecule has 0 aromatic heterocycles. The Kier molecular flexibility index (Phi) is 1.56. The van der Waals surface area contributed by atoms with Gasteiger partial charge in [0.15, 0.2) is 0 Å². The van der Waals surface area contributed by atoms with Crippen LogP contribution in [0.25, 0.3) is 0 Å². The van der Waals surface area contributed by atoms with E-state index in [2.05, 4.69) is 20.5 Å². The molecule has 3 atom stereocenters. The standard InChI is InChI=1S/C12H19P/c1-12(2)9-4-8-6-13(3)7-10(8)11(12)5-9/h9,11H,4-7H2,1-3H3. The summed E-state index contributed by atoms with van der Waals surface area (Å²) in [6, 6.07) is 0. The van der Waals surface area contributed by atoms with E-state index < -0.39 is 0 Å². The second-order valence-electron chi connectivity index (χ2n) is 5.81. The van der Waals surface area contributed by atoms with Crippen LogP contribution in [0, 0.1) is 17.3 Å². The molecule has 4 aliphatic rings. The van der Waals surface area contributed by atoms with Crippen molar-refractivity contribution in [2.24, 2.45) is 17.3 Å². The van der Waals surface area contributed by atoms with Crippen LogP contribution in [-0.4, -0.2) is 19.0 Å².